The summed E-state index contributed by atoms with van der Waals surface area (Å²) in [4.78, 5) is 18.1. The van der Waals surface area contributed by atoms with Crippen LogP contribution in [0.2, 0.25) is 0 Å². The number of carbonyl (C=O) groups is 1. The number of aryl methyl sites for hydroxylation is 1. The molecule has 0 radical (unpaired) electrons. The maximum atomic E-state index is 11.6. The van der Waals surface area contributed by atoms with Crippen molar-refractivity contribution in [1.29, 1.82) is 0 Å². The Bertz CT molecular complexity index is 414. The first kappa shape index (κ1) is 12.1. The molecule has 94 valence electrons. The SMILES string of the molecule is CCCn1cnc2c1CN(C)[C@H](C(=O)OC)C2. The van der Waals surface area contributed by atoms with Gasteiger partial charge in [0.05, 0.1) is 24.8 Å². The van der Waals surface area contributed by atoms with E-state index in [1.54, 1.807) is 0 Å². The minimum atomic E-state index is -0.197. The largest absolute Gasteiger partial charge is 0.468 e. The number of methoxy groups -OCH3 is 1. The molecule has 0 saturated heterocycles. The molecule has 1 aliphatic heterocycles. The van der Waals surface area contributed by atoms with Gasteiger partial charge in [-0.05, 0) is 13.5 Å². The molecule has 0 N–H and O–H groups in total. The van der Waals surface area contributed by atoms with Gasteiger partial charge in [0.2, 0.25) is 0 Å². The fraction of sp³-hybridized carbons (Fsp3) is 0.667. The molecular formula is C12H19N3O2. The standard InChI is InChI=1S/C12H19N3O2/c1-4-5-15-8-13-9-6-10(12(16)17-3)14(2)7-11(9)15/h8,10H,4-7H2,1-3H3/t10-/m0/s1. The second-order valence-electron chi connectivity index (χ2n) is 4.49. The number of carbonyl (C=O) groups excluding carboxylic acids is 1. The van der Waals surface area contributed by atoms with Gasteiger partial charge in [0, 0.05) is 19.5 Å². The summed E-state index contributed by atoms with van der Waals surface area (Å²) >= 11 is 0. The predicted octanol–water partition coefficient (Wildman–Crippen LogP) is 0.823. The van der Waals surface area contributed by atoms with E-state index >= 15 is 0 Å². The van der Waals surface area contributed by atoms with E-state index < -0.39 is 0 Å². The molecule has 0 fully saturated rings. The van der Waals surface area contributed by atoms with Crippen molar-refractivity contribution in [2.45, 2.75) is 38.9 Å². The number of fused-ring (bicyclic) bond motifs is 1. The summed E-state index contributed by atoms with van der Waals surface area (Å²) < 4.78 is 6.99. The van der Waals surface area contributed by atoms with Gasteiger partial charge < -0.3 is 9.30 Å². The van der Waals surface area contributed by atoms with Crippen LogP contribution < -0.4 is 0 Å². The molecule has 0 amide bonds. The highest BCUT2D eigenvalue weighted by Gasteiger charge is 2.32. The van der Waals surface area contributed by atoms with E-state index in [0.29, 0.717) is 6.42 Å². The third-order valence-electron chi connectivity index (χ3n) is 3.29. The van der Waals surface area contributed by atoms with Gasteiger partial charge in [0.1, 0.15) is 6.04 Å². The molecule has 2 heterocycles. The van der Waals surface area contributed by atoms with Crippen molar-refractivity contribution in [2.75, 3.05) is 14.2 Å². The lowest BCUT2D eigenvalue weighted by Gasteiger charge is -2.30. The first-order valence-electron chi connectivity index (χ1n) is 5.98. The van der Waals surface area contributed by atoms with E-state index in [1.165, 1.54) is 12.8 Å². The fourth-order valence-electron chi connectivity index (χ4n) is 2.32. The van der Waals surface area contributed by atoms with Gasteiger partial charge in [-0.25, -0.2) is 4.98 Å². The maximum Gasteiger partial charge on any atom is 0.323 e. The Morgan fingerprint density at radius 1 is 1.65 bits per heavy atom. The van der Waals surface area contributed by atoms with Gasteiger partial charge in [-0.1, -0.05) is 6.92 Å². The third kappa shape index (κ3) is 2.20. The average molecular weight is 237 g/mol. The average Bonchev–Trinajstić information content (AvgIpc) is 2.70. The molecule has 1 atom stereocenters. The first-order valence-corrected chi connectivity index (χ1v) is 5.98. The molecule has 0 aromatic carbocycles. The number of imidazole rings is 1. The topological polar surface area (TPSA) is 47.4 Å². The molecule has 0 bridgehead atoms. The van der Waals surface area contributed by atoms with E-state index in [9.17, 15) is 4.79 Å². The van der Waals surface area contributed by atoms with Crippen molar-refractivity contribution in [2.24, 2.45) is 0 Å². The van der Waals surface area contributed by atoms with Crippen LogP contribution in [-0.2, 0) is 29.0 Å². The number of hydrogen-bond donors (Lipinski definition) is 0. The predicted molar refractivity (Wildman–Crippen MR) is 63.5 cm³/mol. The molecule has 0 saturated carbocycles. The summed E-state index contributed by atoms with van der Waals surface area (Å²) in [5.74, 6) is -0.178. The third-order valence-corrected chi connectivity index (χ3v) is 3.29. The Morgan fingerprint density at radius 3 is 3.06 bits per heavy atom. The van der Waals surface area contributed by atoms with Crippen LogP contribution in [0.5, 0.6) is 0 Å². The molecule has 0 spiro atoms. The summed E-state index contributed by atoms with van der Waals surface area (Å²) in [6.45, 7) is 3.89. The quantitative estimate of drug-likeness (QED) is 0.730. The monoisotopic (exact) mass is 237 g/mol. The van der Waals surface area contributed by atoms with E-state index in [-0.39, 0.29) is 12.0 Å². The Labute approximate surface area is 101 Å². The highest BCUT2D eigenvalue weighted by atomic mass is 16.5. The number of hydrogen-bond acceptors (Lipinski definition) is 4. The van der Waals surface area contributed by atoms with E-state index in [2.05, 4.69) is 16.5 Å². The molecule has 5 nitrogen and oxygen atoms in total. The normalized spacial score (nSPS) is 20.1. The van der Waals surface area contributed by atoms with Gasteiger partial charge in [-0.3, -0.25) is 9.69 Å². The second-order valence-corrected chi connectivity index (χ2v) is 4.49. The van der Waals surface area contributed by atoms with Crippen LogP contribution in [-0.4, -0.2) is 40.6 Å². The van der Waals surface area contributed by atoms with Crippen LogP contribution in [0.25, 0.3) is 0 Å². The van der Waals surface area contributed by atoms with Crippen LogP contribution in [0.1, 0.15) is 24.7 Å². The van der Waals surface area contributed by atoms with Crippen molar-refractivity contribution in [3.63, 3.8) is 0 Å². The van der Waals surface area contributed by atoms with Gasteiger partial charge >= 0.3 is 5.97 Å². The molecule has 1 aliphatic rings. The van der Waals surface area contributed by atoms with Crippen molar-refractivity contribution in [3.8, 4) is 0 Å². The van der Waals surface area contributed by atoms with Crippen LogP contribution >= 0.6 is 0 Å². The molecule has 0 aliphatic carbocycles. The lowest BCUT2D eigenvalue weighted by molar-refractivity contribution is -0.147. The highest BCUT2D eigenvalue weighted by molar-refractivity contribution is 5.76. The molecular weight excluding hydrogens is 218 g/mol. The number of nitrogens with zero attached hydrogens (tertiary/aromatic N) is 3. The maximum absolute atomic E-state index is 11.6. The molecule has 1 aromatic rings. The van der Waals surface area contributed by atoms with Crippen LogP contribution in [0, 0.1) is 0 Å². The van der Waals surface area contributed by atoms with Gasteiger partial charge in [-0.2, -0.15) is 0 Å². The number of aromatic nitrogens is 2. The second kappa shape index (κ2) is 4.87. The number of esters is 1. The number of ether oxygens (including phenoxy) is 1. The van der Waals surface area contributed by atoms with Gasteiger partial charge in [-0.15, -0.1) is 0 Å². The van der Waals surface area contributed by atoms with E-state index in [4.69, 9.17) is 4.74 Å². The summed E-state index contributed by atoms with van der Waals surface area (Å²) in [6.07, 6.45) is 3.61. The lowest BCUT2D eigenvalue weighted by Crippen LogP contribution is -2.44. The van der Waals surface area contributed by atoms with Gasteiger partial charge in [0.25, 0.3) is 0 Å². The molecule has 5 heteroatoms. The zero-order valence-electron chi connectivity index (χ0n) is 10.6. The zero-order chi connectivity index (χ0) is 12.4. The molecule has 0 unspecified atom stereocenters. The minimum absolute atomic E-state index is 0.178. The zero-order valence-corrected chi connectivity index (χ0v) is 10.6. The van der Waals surface area contributed by atoms with Crippen LogP contribution in [0.15, 0.2) is 6.33 Å². The molecule has 2 rings (SSSR count). The Morgan fingerprint density at radius 2 is 2.41 bits per heavy atom. The van der Waals surface area contributed by atoms with Crippen molar-refractivity contribution >= 4 is 5.97 Å². The van der Waals surface area contributed by atoms with Crippen LogP contribution in [0.3, 0.4) is 0 Å². The Hall–Kier alpha value is -1.36. The fourth-order valence-corrected chi connectivity index (χ4v) is 2.32. The minimum Gasteiger partial charge on any atom is -0.468 e. The number of rotatable bonds is 3. The van der Waals surface area contributed by atoms with Crippen molar-refractivity contribution in [1.82, 2.24) is 14.5 Å². The highest BCUT2D eigenvalue weighted by Crippen LogP contribution is 2.22. The lowest BCUT2D eigenvalue weighted by atomic mass is 10.0. The summed E-state index contributed by atoms with van der Waals surface area (Å²) in [5, 5.41) is 0. The van der Waals surface area contributed by atoms with Crippen LogP contribution in [0.4, 0.5) is 0 Å². The van der Waals surface area contributed by atoms with Crippen molar-refractivity contribution < 1.29 is 9.53 Å². The summed E-state index contributed by atoms with van der Waals surface area (Å²) in [6, 6.07) is -0.197. The Balaban J connectivity index is 2.22. The molecule has 17 heavy (non-hydrogen) atoms. The van der Waals surface area contributed by atoms with E-state index in [0.717, 1.165) is 25.2 Å². The van der Waals surface area contributed by atoms with Gasteiger partial charge in [0.15, 0.2) is 0 Å². The summed E-state index contributed by atoms with van der Waals surface area (Å²) in [5.41, 5.74) is 2.27. The smallest absolute Gasteiger partial charge is 0.323 e. The molecule has 1 aromatic heterocycles. The first-order chi connectivity index (χ1) is 8.17. The number of likely N-dealkylation sites (N-methyl/N-ethyl adjacent to an activating group) is 1. The Kier molecular flexibility index (Phi) is 3.47. The van der Waals surface area contributed by atoms with Crippen molar-refractivity contribution in [3.05, 3.63) is 17.7 Å². The van der Waals surface area contributed by atoms with E-state index in [1.807, 2.05) is 18.3 Å². The summed E-state index contributed by atoms with van der Waals surface area (Å²) in [7, 11) is 3.38.